The summed E-state index contributed by atoms with van der Waals surface area (Å²) in [6.07, 6.45) is 0. The smallest absolute Gasteiger partial charge is 0.251 e. The molecule has 3 rings (SSSR count). The monoisotopic (exact) mass is 371 g/mol. The Bertz CT molecular complexity index is 1050. The van der Waals surface area contributed by atoms with Crippen molar-refractivity contribution >= 4 is 5.91 Å². The highest BCUT2D eigenvalue weighted by Gasteiger charge is 2.13. The van der Waals surface area contributed by atoms with E-state index < -0.39 is 0 Å². The number of aromatic nitrogens is 1. The SMILES string of the molecule is COc1ccc(-c2nc(C)cc(C)c2CNC(=O)c2cccc(C#N)c2)cc1. The highest BCUT2D eigenvalue weighted by atomic mass is 16.5. The van der Waals surface area contributed by atoms with Crippen molar-refractivity contribution < 1.29 is 9.53 Å². The number of nitriles is 1. The number of methoxy groups -OCH3 is 1. The molecule has 0 unspecified atom stereocenters. The van der Waals surface area contributed by atoms with Crippen LogP contribution in [-0.4, -0.2) is 18.0 Å². The van der Waals surface area contributed by atoms with Crippen LogP contribution in [0.3, 0.4) is 0 Å². The van der Waals surface area contributed by atoms with E-state index in [0.29, 0.717) is 17.7 Å². The van der Waals surface area contributed by atoms with Crippen LogP contribution >= 0.6 is 0 Å². The highest BCUT2D eigenvalue weighted by molar-refractivity contribution is 5.94. The first-order valence-electron chi connectivity index (χ1n) is 8.91. The lowest BCUT2D eigenvalue weighted by atomic mass is 10.00. The summed E-state index contributed by atoms with van der Waals surface area (Å²) < 4.78 is 5.23. The van der Waals surface area contributed by atoms with Crippen molar-refractivity contribution in [3.63, 3.8) is 0 Å². The van der Waals surface area contributed by atoms with Crippen LogP contribution in [0.5, 0.6) is 5.75 Å². The lowest BCUT2D eigenvalue weighted by Crippen LogP contribution is -2.24. The zero-order valence-corrected chi connectivity index (χ0v) is 16.1. The molecule has 0 saturated carbocycles. The Balaban J connectivity index is 1.88. The summed E-state index contributed by atoms with van der Waals surface area (Å²) in [4.78, 5) is 17.2. The third-order valence-corrected chi connectivity index (χ3v) is 4.52. The van der Waals surface area contributed by atoms with Gasteiger partial charge in [-0.15, -0.1) is 0 Å². The molecular weight excluding hydrogens is 350 g/mol. The predicted octanol–water partition coefficient (Wildman–Crippen LogP) is 4.18. The first-order chi connectivity index (χ1) is 13.5. The molecule has 5 heteroatoms. The van der Waals surface area contributed by atoms with Gasteiger partial charge in [0.1, 0.15) is 5.75 Å². The fraction of sp³-hybridized carbons (Fsp3) is 0.174. The van der Waals surface area contributed by atoms with Gasteiger partial charge in [-0.2, -0.15) is 5.26 Å². The Morgan fingerprint density at radius 1 is 1.14 bits per heavy atom. The van der Waals surface area contributed by atoms with Crippen molar-refractivity contribution in [2.24, 2.45) is 0 Å². The maximum atomic E-state index is 12.5. The van der Waals surface area contributed by atoms with E-state index in [0.717, 1.165) is 33.8 Å². The van der Waals surface area contributed by atoms with E-state index in [-0.39, 0.29) is 5.91 Å². The summed E-state index contributed by atoms with van der Waals surface area (Å²) in [5.41, 5.74) is 5.65. The molecule has 3 aromatic rings. The second kappa shape index (κ2) is 8.36. The highest BCUT2D eigenvalue weighted by Crippen LogP contribution is 2.27. The number of hydrogen-bond acceptors (Lipinski definition) is 4. The molecule has 0 aliphatic heterocycles. The fourth-order valence-corrected chi connectivity index (χ4v) is 3.07. The molecule has 0 radical (unpaired) electrons. The predicted molar refractivity (Wildman–Crippen MR) is 108 cm³/mol. The van der Waals surface area contributed by atoms with E-state index >= 15 is 0 Å². The van der Waals surface area contributed by atoms with Gasteiger partial charge in [0.05, 0.1) is 24.4 Å². The molecule has 1 amide bonds. The maximum absolute atomic E-state index is 12.5. The Labute approximate surface area is 164 Å². The Kier molecular flexibility index (Phi) is 5.71. The van der Waals surface area contributed by atoms with E-state index in [4.69, 9.17) is 15.0 Å². The van der Waals surface area contributed by atoms with Crippen LogP contribution in [0.15, 0.2) is 54.6 Å². The number of carbonyl (C=O) groups is 1. The minimum atomic E-state index is -0.224. The largest absolute Gasteiger partial charge is 0.497 e. The van der Waals surface area contributed by atoms with Crippen molar-refractivity contribution in [3.8, 4) is 23.1 Å². The molecule has 1 N–H and O–H groups in total. The number of pyridine rings is 1. The Morgan fingerprint density at radius 3 is 2.57 bits per heavy atom. The first kappa shape index (κ1) is 19.1. The zero-order valence-electron chi connectivity index (χ0n) is 16.1. The molecule has 1 heterocycles. The minimum absolute atomic E-state index is 0.224. The van der Waals surface area contributed by atoms with E-state index in [1.165, 1.54) is 0 Å². The lowest BCUT2D eigenvalue weighted by molar-refractivity contribution is 0.0951. The maximum Gasteiger partial charge on any atom is 0.251 e. The summed E-state index contributed by atoms with van der Waals surface area (Å²) in [6, 6.07) is 18.4. The van der Waals surface area contributed by atoms with Crippen LogP contribution in [0, 0.1) is 25.2 Å². The van der Waals surface area contributed by atoms with Crippen LogP contribution in [-0.2, 0) is 6.54 Å². The van der Waals surface area contributed by atoms with Crippen LogP contribution in [0.2, 0.25) is 0 Å². The average Bonchev–Trinajstić information content (AvgIpc) is 2.72. The average molecular weight is 371 g/mol. The number of hydrogen-bond donors (Lipinski definition) is 1. The molecule has 0 aliphatic rings. The third kappa shape index (κ3) is 4.18. The number of nitrogens with one attached hydrogen (secondary N) is 1. The Morgan fingerprint density at radius 2 is 1.89 bits per heavy atom. The van der Waals surface area contributed by atoms with Crippen LogP contribution in [0.1, 0.15) is 32.7 Å². The number of benzene rings is 2. The summed E-state index contributed by atoms with van der Waals surface area (Å²) in [7, 11) is 1.63. The van der Waals surface area contributed by atoms with Gasteiger partial charge in [0.15, 0.2) is 0 Å². The quantitative estimate of drug-likeness (QED) is 0.730. The van der Waals surface area contributed by atoms with Crippen molar-refractivity contribution in [2.75, 3.05) is 7.11 Å². The topological polar surface area (TPSA) is 75.0 Å². The van der Waals surface area contributed by atoms with Crippen molar-refractivity contribution in [1.29, 1.82) is 5.26 Å². The van der Waals surface area contributed by atoms with Gasteiger partial charge in [-0.1, -0.05) is 6.07 Å². The van der Waals surface area contributed by atoms with Gasteiger partial charge in [-0.25, -0.2) is 0 Å². The molecule has 2 aromatic carbocycles. The van der Waals surface area contributed by atoms with Crippen LogP contribution in [0.25, 0.3) is 11.3 Å². The van der Waals surface area contributed by atoms with Gasteiger partial charge in [-0.05, 0) is 67.9 Å². The van der Waals surface area contributed by atoms with E-state index in [1.807, 2.05) is 44.2 Å². The Hall–Kier alpha value is -3.65. The standard InChI is InChI=1S/C23H21N3O2/c1-15-11-16(2)26-22(18-7-9-20(28-3)10-8-18)21(15)14-25-23(27)19-6-4-5-17(12-19)13-24/h4-12H,14H2,1-3H3,(H,25,27). The summed E-state index contributed by atoms with van der Waals surface area (Å²) >= 11 is 0. The molecule has 5 nitrogen and oxygen atoms in total. The van der Waals surface area contributed by atoms with Gasteiger partial charge in [-0.3, -0.25) is 9.78 Å². The molecule has 0 saturated heterocycles. The van der Waals surface area contributed by atoms with Crippen molar-refractivity contribution in [2.45, 2.75) is 20.4 Å². The van der Waals surface area contributed by atoms with Gasteiger partial charge in [0.25, 0.3) is 5.91 Å². The number of ether oxygens (including phenoxy) is 1. The van der Waals surface area contributed by atoms with Crippen LogP contribution < -0.4 is 10.1 Å². The summed E-state index contributed by atoms with van der Waals surface area (Å²) in [5.74, 6) is 0.554. The molecule has 0 bridgehead atoms. The molecule has 0 fully saturated rings. The van der Waals surface area contributed by atoms with Gasteiger partial charge in [0.2, 0.25) is 0 Å². The van der Waals surface area contributed by atoms with Crippen LogP contribution in [0.4, 0.5) is 0 Å². The summed E-state index contributed by atoms with van der Waals surface area (Å²) in [5, 5.41) is 12.0. The van der Waals surface area contributed by atoms with Crippen molar-refractivity contribution in [1.82, 2.24) is 10.3 Å². The molecule has 28 heavy (non-hydrogen) atoms. The summed E-state index contributed by atoms with van der Waals surface area (Å²) in [6.45, 7) is 4.31. The number of nitrogens with zero attached hydrogens (tertiary/aromatic N) is 2. The second-order valence-electron chi connectivity index (χ2n) is 6.51. The number of carbonyl (C=O) groups excluding carboxylic acids is 1. The van der Waals surface area contributed by atoms with Gasteiger partial charge >= 0.3 is 0 Å². The van der Waals surface area contributed by atoms with Crippen molar-refractivity contribution in [3.05, 3.63) is 82.5 Å². The van der Waals surface area contributed by atoms with E-state index in [2.05, 4.69) is 11.4 Å². The fourth-order valence-electron chi connectivity index (χ4n) is 3.07. The second-order valence-corrected chi connectivity index (χ2v) is 6.51. The number of rotatable bonds is 5. The molecule has 1 aromatic heterocycles. The molecule has 0 atom stereocenters. The number of aryl methyl sites for hydroxylation is 2. The van der Waals surface area contributed by atoms with E-state index in [9.17, 15) is 4.79 Å². The van der Waals surface area contributed by atoms with E-state index in [1.54, 1.807) is 31.4 Å². The van der Waals surface area contributed by atoms with Gasteiger partial charge in [0, 0.05) is 28.9 Å². The normalized spacial score (nSPS) is 10.2. The molecular formula is C23H21N3O2. The first-order valence-corrected chi connectivity index (χ1v) is 8.91. The third-order valence-electron chi connectivity index (χ3n) is 4.52. The zero-order chi connectivity index (χ0) is 20.1. The van der Waals surface area contributed by atoms with Gasteiger partial charge < -0.3 is 10.1 Å². The molecule has 0 spiro atoms. The number of amides is 1. The molecule has 0 aliphatic carbocycles. The minimum Gasteiger partial charge on any atom is -0.497 e. The lowest BCUT2D eigenvalue weighted by Gasteiger charge is -2.15. The molecule has 140 valence electrons.